The molecule has 138 valence electrons. The number of likely N-dealkylation sites (tertiary alicyclic amines) is 1. The molecule has 1 aliphatic heterocycles. The van der Waals surface area contributed by atoms with E-state index >= 15 is 0 Å². The van der Waals surface area contributed by atoms with Crippen LogP contribution in [-0.4, -0.2) is 28.1 Å². The van der Waals surface area contributed by atoms with Crippen molar-refractivity contribution >= 4 is 5.91 Å². The Morgan fingerprint density at radius 3 is 2.93 bits per heavy atom. The van der Waals surface area contributed by atoms with Crippen LogP contribution in [0.25, 0.3) is 11.4 Å². The number of methoxy groups -OCH3 is 1. The summed E-state index contributed by atoms with van der Waals surface area (Å²) in [7, 11) is 1.59. The first-order valence-electron chi connectivity index (χ1n) is 8.66. The van der Waals surface area contributed by atoms with Crippen LogP contribution in [0.2, 0.25) is 0 Å². The monoisotopic (exact) mass is 367 g/mol. The summed E-state index contributed by atoms with van der Waals surface area (Å²) in [5, 5.41) is 4.04. The predicted molar refractivity (Wildman–Crippen MR) is 95.2 cm³/mol. The number of nitrogens with zero attached hydrogens (tertiary/aromatic N) is 3. The van der Waals surface area contributed by atoms with Crippen molar-refractivity contribution in [3.63, 3.8) is 0 Å². The summed E-state index contributed by atoms with van der Waals surface area (Å²) >= 11 is 0. The number of hydrogen-bond donors (Lipinski definition) is 0. The zero-order valence-electron chi connectivity index (χ0n) is 14.8. The largest absolute Gasteiger partial charge is 0.497 e. The van der Waals surface area contributed by atoms with Crippen LogP contribution in [-0.2, 0) is 11.3 Å². The molecule has 0 saturated carbocycles. The normalized spacial score (nSPS) is 16.7. The maximum Gasteiger partial charge on any atom is 0.249 e. The van der Waals surface area contributed by atoms with Gasteiger partial charge in [-0.1, -0.05) is 35.5 Å². The van der Waals surface area contributed by atoms with Gasteiger partial charge in [0.2, 0.25) is 17.6 Å². The number of amides is 1. The number of aromatic nitrogens is 2. The molecule has 1 fully saturated rings. The molecule has 2 aromatic carbocycles. The lowest BCUT2D eigenvalue weighted by Crippen LogP contribution is -2.27. The zero-order valence-corrected chi connectivity index (χ0v) is 14.8. The van der Waals surface area contributed by atoms with E-state index in [-0.39, 0.29) is 24.3 Å². The molecule has 0 radical (unpaired) electrons. The van der Waals surface area contributed by atoms with Gasteiger partial charge in [0.15, 0.2) is 0 Å². The van der Waals surface area contributed by atoms with Gasteiger partial charge in [0, 0.05) is 24.1 Å². The lowest BCUT2D eigenvalue weighted by atomic mass is 10.1. The van der Waals surface area contributed by atoms with Gasteiger partial charge in [0.05, 0.1) is 7.11 Å². The van der Waals surface area contributed by atoms with Crippen molar-refractivity contribution in [2.45, 2.75) is 25.4 Å². The molecule has 1 unspecified atom stereocenters. The Hall–Kier alpha value is -3.22. The fourth-order valence-corrected chi connectivity index (χ4v) is 3.25. The molecule has 27 heavy (non-hydrogen) atoms. The van der Waals surface area contributed by atoms with Crippen LogP contribution in [0, 0.1) is 5.82 Å². The summed E-state index contributed by atoms with van der Waals surface area (Å²) in [5.74, 6) is 1.09. The molecule has 0 spiro atoms. The molecule has 1 atom stereocenters. The van der Waals surface area contributed by atoms with Crippen LogP contribution in [0.15, 0.2) is 53.1 Å². The van der Waals surface area contributed by atoms with E-state index in [0.29, 0.717) is 35.9 Å². The summed E-state index contributed by atoms with van der Waals surface area (Å²) < 4.78 is 24.6. The predicted octanol–water partition coefficient (Wildman–Crippen LogP) is 3.75. The average molecular weight is 367 g/mol. The number of halogens is 1. The fraction of sp³-hybridized carbons (Fsp3) is 0.250. The van der Waals surface area contributed by atoms with E-state index in [4.69, 9.17) is 9.26 Å². The van der Waals surface area contributed by atoms with Crippen LogP contribution < -0.4 is 4.74 Å². The molecule has 1 aromatic heterocycles. The molecule has 0 N–H and O–H groups in total. The lowest BCUT2D eigenvalue weighted by Gasteiger charge is -2.22. The van der Waals surface area contributed by atoms with Crippen molar-refractivity contribution in [3.05, 3.63) is 65.8 Å². The van der Waals surface area contributed by atoms with E-state index in [1.807, 2.05) is 24.3 Å². The van der Waals surface area contributed by atoms with Gasteiger partial charge >= 0.3 is 0 Å². The van der Waals surface area contributed by atoms with Crippen LogP contribution in [0.4, 0.5) is 4.39 Å². The molecular formula is C20H18FN3O3. The van der Waals surface area contributed by atoms with Crippen molar-refractivity contribution in [3.8, 4) is 17.1 Å². The SMILES string of the molecule is COc1cccc(-c2noc(C3CCC(=O)N3Cc3ccccc3F)n2)c1. The maximum atomic E-state index is 14.0. The van der Waals surface area contributed by atoms with Gasteiger partial charge in [-0.25, -0.2) is 4.39 Å². The van der Waals surface area contributed by atoms with Crippen LogP contribution in [0.3, 0.4) is 0 Å². The Kier molecular flexibility index (Phi) is 4.58. The zero-order chi connectivity index (χ0) is 18.8. The van der Waals surface area contributed by atoms with Crippen molar-refractivity contribution < 1.29 is 18.4 Å². The Balaban J connectivity index is 1.59. The molecule has 4 rings (SSSR count). The molecule has 1 saturated heterocycles. The quantitative estimate of drug-likeness (QED) is 0.687. The Labute approximate surface area is 155 Å². The second-order valence-electron chi connectivity index (χ2n) is 6.36. The van der Waals surface area contributed by atoms with Crippen molar-refractivity contribution in [2.24, 2.45) is 0 Å². The smallest absolute Gasteiger partial charge is 0.249 e. The molecular weight excluding hydrogens is 349 g/mol. The Morgan fingerprint density at radius 1 is 1.26 bits per heavy atom. The third-order valence-electron chi connectivity index (χ3n) is 4.68. The molecule has 1 amide bonds. The number of hydrogen-bond acceptors (Lipinski definition) is 5. The van der Waals surface area contributed by atoms with Crippen LogP contribution in [0.1, 0.15) is 30.3 Å². The van der Waals surface area contributed by atoms with E-state index in [1.165, 1.54) is 6.07 Å². The minimum absolute atomic E-state index is 0.0515. The summed E-state index contributed by atoms with van der Waals surface area (Å²) in [5.41, 5.74) is 1.22. The minimum atomic E-state index is -0.357. The van der Waals surface area contributed by atoms with Gasteiger partial charge in [-0.3, -0.25) is 4.79 Å². The van der Waals surface area contributed by atoms with Crippen LogP contribution in [0.5, 0.6) is 5.75 Å². The van der Waals surface area contributed by atoms with Crippen LogP contribution >= 0.6 is 0 Å². The number of ether oxygens (including phenoxy) is 1. The standard InChI is InChI=1S/C20H18FN3O3/c1-26-15-7-4-6-13(11-15)19-22-20(27-23-19)17-9-10-18(25)24(17)12-14-5-2-3-8-16(14)21/h2-8,11,17H,9-10,12H2,1H3. The van der Waals surface area contributed by atoms with Crippen molar-refractivity contribution in [1.82, 2.24) is 15.0 Å². The topological polar surface area (TPSA) is 68.5 Å². The molecule has 3 aromatic rings. The fourth-order valence-electron chi connectivity index (χ4n) is 3.25. The molecule has 7 heteroatoms. The summed E-state index contributed by atoms with van der Waals surface area (Å²) in [4.78, 5) is 18.4. The highest BCUT2D eigenvalue weighted by Crippen LogP contribution is 2.34. The van der Waals surface area contributed by atoms with Gasteiger partial charge in [-0.15, -0.1) is 0 Å². The highest BCUT2D eigenvalue weighted by molar-refractivity contribution is 5.78. The van der Waals surface area contributed by atoms with E-state index in [9.17, 15) is 9.18 Å². The van der Waals surface area contributed by atoms with Gasteiger partial charge in [0.1, 0.15) is 17.6 Å². The summed E-state index contributed by atoms with van der Waals surface area (Å²) in [6.07, 6.45) is 0.934. The third-order valence-corrected chi connectivity index (χ3v) is 4.68. The highest BCUT2D eigenvalue weighted by Gasteiger charge is 2.36. The van der Waals surface area contributed by atoms with E-state index in [0.717, 1.165) is 5.56 Å². The maximum absolute atomic E-state index is 14.0. The molecule has 1 aliphatic rings. The number of carbonyl (C=O) groups is 1. The van der Waals surface area contributed by atoms with Gasteiger partial charge in [-0.05, 0) is 24.6 Å². The lowest BCUT2D eigenvalue weighted by molar-refractivity contribution is -0.130. The van der Waals surface area contributed by atoms with E-state index in [1.54, 1.807) is 30.2 Å². The number of benzene rings is 2. The molecule has 6 nitrogen and oxygen atoms in total. The summed E-state index contributed by atoms with van der Waals surface area (Å²) in [6.45, 7) is 0.174. The van der Waals surface area contributed by atoms with Gasteiger partial charge in [0.25, 0.3) is 0 Å². The Morgan fingerprint density at radius 2 is 2.11 bits per heavy atom. The first-order chi connectivity index (χ1) is 13.2. The first kappa shape index (κ1) is 17.2. The molecule has 0 bridgehead atoms. The average Bonchev–Trinajstić information content (AvgIpc) is 3.31. The van der Waals surface area contributed by atoms with E-state index < -0.39 is 0 Å². The van der Waals surface area contributed by atoms with Gasteiger partial charge in [-0.2, -0.15) is 4.98 Å². The number of carbonyl (C=O) groups excluding carboxylic acids is 1. The Bertz CT molecular complexity index is 972. The number of rotatable bonds is 5. The van der Waals surface area contributed by atoms with E-state index in [2.05, 4.69) is 10.1 Å². The van der Waals surface area contributed by atoms with Crippen molar-refractivity contribution in [2.75, 3.05) is 7.11 Å². The van der Waals surface area contributed by atoms with Gasteiger partial charge < -0.3 is 14.2 Å². The third kappa shape index (κ3) is 3.40. The highest BCUT2D eigenvalue weighted by atomic mass is 19.1. The summed E-state index contributed by atoms with van der Waals surface area (Å²) in [6, 6.07) is 13.4. The minimum Gasteiger partial charge on any atom is -0.497 e. The second kappa shape index (κ2) is 7.19. The molecule has 0 aliphatic carbocycles. The van der Waals surface area contributed by atoms with Crippen molar-refractivity contribution in [1.29, 1.82) is 0 Å². The second-order valence-corrected chi connectivity index (χ2v) is 6.36. The first-order valence-corrected chi connectivity index (χ1v) is 8.66. The molecule has 2 heterocycles.